The van der Waals surface area contributed by atoms with Gasteiger partial charge in [-0.15, -0.1) is 11.3 Å². The number of esters is 1. The van der Waals surface area contributed by atoms with Crippen LogP contribution in [0.1, 0.15) is 112 Å². The number of rotatable bonds is 14. The largest absolute Gasteiger partial charge is 0.481 e. The number of likely N-dealkylation sites (tertiary alicyclic amines) is 1. The highest BCUT2D eigenvalue weighted by atomic mass is 32.1. The van der Waals surface area contributed by atoms with Crippen LogP contribution in [-0.4, -0.2) is 94.4 Å². The number of carboxylic acid groups (broad SMARTS) is 1. The average molecular weight is 712 g/mol. The lowest BCUT2D eigenvalue weighted by molar-refractivity contribution is -0.149. The summed E-state index contributed by atoms with van der Waals surface area (Å²) in [4.78, 5) is 73.5. The second-order valence-electron chi connectivity index (χ2n) is 14.2. The van der Waals surface area contributed by atoms with Crippen molar-refractivity contribution in [3.63, 3.8) is 0 Å². The molecule has 2 heterocycles. The van der Waals surface area contributed by atoms with Crippen molar-refractivity contribution in [3.8, 4) is 0 Å². The van der Waals surface area contributed by atoms with Gasteiger partial charge in [0.05, 0.1) is 12.0 Å². The van der Waals surface area contributed by atoms with Crippen LogP contribution < -0.4 is 10.6 Å². The highest BCUT2D eigenvalue weighted by Gasteiger charge is 2.38. The quantitative estimate of drug-likeness (QED) is 0.239. The third kappa shape index (κ3) is 9.48. The number of nitrogens with zero attached hydrogens (tertiary/aromatic N) is 3. The van der Waals surface area contributed by atoms with Gasteiger partial charge in [0, 0.05) is 37.9 Å². The van der Waals surface area contributed by atoms with Gasteiger partial charge in [-0.05, 0) is 62.2 Å². The summed E-state index contributed by atoms with van der Waals surface area (Å²) in [5.74, 6) is -3.11. The molecule has 7 atom stereocenters. The molecule has 1 saturated heterocycles. The van der Waals surface area contributed by atoms with Gasteiger partial charge in [-0.2, -0.15) is 0 Å². The van der Waals surface area contributed by atoms with Crippen molar-refractivity contribution < 1.29 is 33.8 Å². The summed E-state index contributed by atoms with van der Waals surface area (Å²) >= 11 is 1.19. The van der Waals surface area contributed by atoms with E-state index in [2.05, 4.69) is 15.6 Å². The third-order valence-electron chi connectivity index (χ3n) is 10.3. The second-order valence-corrected chi connectivity index (χ2v) is 15.1. The maximum absolute atomic E-state index is 14.1. The number of hydrogen-bond acceptors (Lipinski definition) is 9. The summed E-state index contributed by atoms with van der Waals surface area (Å²) in [6, 6.07) is 5.61. The number of benzene rings is 1. The van der Waals surface area contributed by atoms with Crippen LogP contribution in [0.5, 0.6) is 0 Å². The molecule has 1 unspecified atom stereocenters. The van der Waals surface area contributed by atoms with Crippen molar-refractivity contribution in [3.05, 3.63) is 51.5 Å². The monoisotopic (exact) mass is 711 g/mol. The van der Waals surface area contributed by atoms with Crippen molar-refractivity contribution in [2.75, 3.05) is 20.6 Å². The van der Waals surface area contributed by atoms with Gasteiger partial charge in [-0.1, -0.05) is 64.8 Å². The molecule has 3 N–H and O–H groups in total. The molecule has 1 fully saturated rings. The molecule has 4 rings (SSSR count). The number of aromatic nitrogens is 1. The minimum absolute atomic E-state index is 0.0427. The molecule has 1 aromatic heterocycles. The zero-order valence-electron chi connectivity index (χ0n) is 30.3. The minimum Gasteiger partial charge on any atom is -0.481 e. The molecule has 50 heavy (non-hydrogen) atoms. The highest BCUT2D eigenvalue weighted by Crippen LogP contribution is 2.33. The fourth-order valence-corrected chi connectivity index (χ4v) is 8.02. The molecular formula is C37H53N5O7S. The van der Waals surface area contributed by atoms with Gasteiger partial charge in [0.2, 0.25) is 11.8 Å². The van der Waals surface area contributed by atoms with E-state index in [0.717, 1.165) is 36.9 Å². The van der Waals surface area contributed by atoms with Gasteiger partial charge in [-0.25, -0.2) is 4.98 Å². The Morgan fingerprint density at radius 2 is 1.86 bits per heavy atom. The number of carboxylic acids is 1. The predicted octanol–water partition coefficient (Wildman–Crippen LogP) is 4.55. The number of likely N-dealkylation sites (N-methyl/N-ethyl adjacent to an activating group) is 2. The smallest absolute Gasteiger partial charge is 0.311 e. The van der Waals surface area contributed by atoms with Gasteiger partial charge in [0.25, 0.3) is 5.91 Å². The van der Waals surface area contributed by atoms with E-state index in [1.54, 1.807) is 17.3 Å². The molecule has 1 aliphatic carbocycles. The molecule has 0 bridgehead atoms. The van der Waals surface area contributed by atoms with E-state index in [1.807, 2.05) is 63.9 Å². The highest BCUT2D eigenvalue weighted by molar-refractivity contribution is 7.09. The Kier molecular flexibility index (Phi) is 13.5. The van der Waals surface area contributed by atoms with Gasteiger partial charge in [-0.3, -0.25) is 28.9 Å². The SMILES string of the molecule is CCC(C)[C@H](NC(=O)[C@H]1CCCCN1C)C(=O)N(C)[C@H](C[C@@H](OC(C)=O)c1nc(C(=O)N[C@H]2Cc3ccccc3[C@H](C(=O)O)C2)cs1)C(C)C. The summed E-state index contributed by atoms with van der Waals surface area (Å²) in [7, 11) is 3.66. The van der Waals surface area contributed by atoms with Gasteiger partial charge < -0.3 is 25.4 Å². The fourth-order valence-electron chi connectivity index (χ4n) is 7.18. The molecule has 0 radical (unpaired) electrons. The Morgan fingerprint density at radius 3 is 2.50 bits per heavy atom. The van der Waals surface area contributed by atoms with Crippen LogP contribution in [0.2, 0.25) is 0 Å². The number of ether oxygens (including phenoxy) is 1. The van der Waals surface area contributed by atoms with Crippen LogP contribution in [0, 0.1) is 11.8 Å². The van der Waals surface area contributed by atoms with Crippen LogP contribution in [0.15, 0.2) is 29.6 Å². The summed E-state index contributed by atoms with van der Waals surface area (Å²) < 4.78 is 5.75. The number of nitrogens with one attached hydrogen (secondary N) is 2. The van der Waals surface area contributed by atoms with Crippen LogP contribution in [0.4, 0.5) is 0 Å². The first-order chi connectivity index (χ1) is 23.7. The number of piperidine rings is 1. The van der Waals surface area contributed by atoms with E-state index in [4.69, 9.17) is 4.74 Å². The Hall–Kier alpha value is -3.84. The number of thiazole rings is 1. The number of amides is 3. The average Bonchev–Trinajstić information content (AvgIpc) is 3.58. The summed E-state index contributed by atoms with van der Waals surface area (Å²) in [5.41, 5.74) is 1.80. The van der Waals surface area contributed by atoms with Crippen molar-refractivity contribution in [1.29, 1.82) is 0 Å². The Bertz CT molecular complexity index is 1530. The molecule has 2 aromatic rings. The molecule has 12 nitrogen and oxygen atoms in total. The van der Waals surface area contributed by atoms with Crippen molar-refractivity contribution >= 4 is 41.0 Å². The van der Waals surface area contributed by atoms with Gasteiger partial charge in [0.1, 0.15) is 16.7 Å². The normalized spacial score (nSPS) is 21.6. The van der Waals surface area contributed by atoms with Gasteiger partial charge >= 0.3 is 11.9 Å². The Morgan fingerprint density at radius 1 is 1.14 bits per heavy atom. The Balaban J connectivity index is 1.49. The number of carbonyl (C=O) groups excluding carboxylic acids is 4. The molecule has 3 amide bonds. The molecule has 274 valence electrons. The molecule has 0 saturated carbocycles. The minimum atomic E-state index is -0.936. The second kappa shape index (κ2) is 17.4. The molecule has 13 heteroatoms. The first-order valence-corrected chi connectivity index (χ1v) is 18.6. The maximum atomic E-state index is 14.1. The van der Waals surface area contributed by atoms with Crippen molar-refractivity contribution in [2.45, 2.75) is 116 Å². The molecule has 2 aliphatic rings. The fraction of sp³-hybridized carbons (Fsp3) is 0.622. The molecule has 1 aliphatic heterocycles. The standard InChI is InChI=1S/C37H53N5O7S/c1-8-22(4)32(40-34(45)29-15-11-12-16-41(29)6)36(46)42(7)30(21(2)3)19-31(49-23(5)43)35-39-28(20-50-35)33(44)38-25-17-24-13-9-10-14-26(24)27(18-25)37(47)48/h9-10,13-14,20-22,25,27,29-32H,8,11-12,15-19H2,1-7H3,(H,38,44)(H,40,45)(H,47,48)/t22?,25-,27+,29+,30+,31+,32-/m0/s1. The Labute approximate surface area is 299 Å². The van der Waals surface area contributed by atoms with Crippen LogP contribution >= 0.6 is 11.3 Å². The van der Waals surface area contributed by atoms with E-state index in [-0.39, 0.29) is 54.3 Å². The molecular weight excluding hydrogens is 659 g/mol. The summed E-state index contributed by atoms with van der Waals surface area (Å²) in [6.45, 7) is 10.1. The van der Waals surface area contributed by atoms with E-state index in [1.165, 1.54) is 18.3 Å². The first kappa shape index (κ1) is 39.0. The number of aliphatic carboxylic acids is 1. The summed E-state index contributed by atoms with van der Waals surface area (Å²) in [6.07, 6.45) is 3.64. The number of fused-ring (bicyclic) bond motifs is 1. The van der Waals surface area contributed by atoms with Crippen LogP contribution in [0.25, 0.3) is 0 Å². The first-order valence-electron chi connectivity index (χ1n) is 17.7. The van der Waals surface area contributed by atoms with E-state index in [0.29, 0.717) is 17.8 Å². The van der Waals surface area contributed by atoms with Crippen LogP contribution in [0.3, 0.4) is 0 Å². The lowest BCUT2D eigenvalue weighted by Crippen LogP contribution is -2.58. The topological polar surface area (TPSA) is 158 Å². The van der Waals surface area contributed by atoms with Crippen molar-refractivity contribution in [2.24, 2.45) is 11.8 Å². The van der Waals surface area contributed by atoms with Crippen molar-refractivity contribution in [1.82, 2.24) is 25.4 Å². The lowest BCUT2D eigenvalue weighted by atomic mass is 9.80. The van der Waals surface area contributed by atoms with E-state index >= 15 is 0 Å². The van der Waals surface area contributed by atoms with E-state index in [9.17, 15) is 29.1 Å². The van der Waals surface area contributed by atoms with Gasteiger partial charge in [0.15, 0.2) is 6.10 Å². The zero-order chi connectivity index (χ0) is 36.7. The third-order valence-corrected chi connectivity index (χ3v) is 11.2. The lowest BCUT2D eigenvalue weighted by Gasteiger charge is -2.38. The number of carbonyl (C=O) groups is 5. The van der Waals surface area contributed by atoms with E-state index < -0.39 is 42.0 Å². The predicted molar refractivity (Wildman–Crippen MR) is 191 cm³/mol. The summed E-state index contributed by atoms with van der Waals surface area (Å²) in [5, 5.41) is 17.9. The molecule has 1 aromatic carbocycles. The van der Waals surface area contributed by atoms with Crippen LogP contribution in [-0.2, 0) is 30.3 Å². The number of hydrogen-bond donors (Lipinski definition) is 3. The zero-order valence-corrected chi connectivity index (χ0v) is 31.1. The molecule has 0 spiro atoms. The maximum Gasteiger partial charge on any atom is 0.311 e.